The zero-order valence-electron chi connectivity index (χ0n) is 48.8. The fourth-order valence-corrected chi connectivity index (χ4v) is 11.1. The smallest absolute Gasteiger partial charge is 0.410 e. The van der Waals surface area contributed by atoms with Crippen molar-refractivity contribution in [2.75, 3.05) is 59.4 Å². The molecule has 3 atom stereocenters. The van der Waals surface area contributed by atoms with Crippen molar-refractivity contribution in [3.8, 4) is 40.8 Å². The van der Waals surface area contributed by atoms with Gasteiger partial charge in [-0.25, -0.2) is 49.7 Å². The van der Waals surface area contributed by atoms with Crippen LogP contribution in [0.3, 0.4) is 0 Å². The Hall–Kier alpha value is -8.38. The maximum Gasteiger partial charge on any atom is 0.410 e. The third kappa shape index (κ3) is 14.7. The fraction of sp³-hybridized carbons (Fsp3) is 0.443. The number of ether oxygens (including phenoxy) is 5. The van der Waals surface area contributed by atoms with Crippen LogP contribution < -0.4 is 29.6 Å². The summed E-state index contributed by atoms with van der Waals surface area (Å²) in [6, 6.07) is 19.0. The van der Waals surface area contributed by atoms with Crippen LogP contribution in [0.1, 0.15) is 123 Å². The fourth-order valence-electron chi connectivity index (χ4n) is 11.1. The number of carbonyl (C=O) groups excluding carboxylic acids is 1. The number of carbonyl (C=O) groups is 1. The molecule has 0 saturated carbocycles. The van der Waals surface area contributed by atoms with Crippen LogP contribution in [0, 0.1) is 20.8 Å². The van der Waals surface area contributed by atoms with Gasteiger partial charge in [0, 0.05) is 99.6 Å². The molecule has 13 rings (SSSR count). The standard InChI is InChI=1S/C27H34N6O4.C22H26N6O2.C12H15N5/c1-19-14-21(30-25(29-19)33-11-9-28-17-33)22-6-5-10-31(22)12-13-32(26(34)37-27(2,3)4)16-20-7-8-23-24(15-20)36-18-35-23;1-16-11-18(26-22(25-16)28-10-7-24-14-28)19-3-2-8-27(19)9-6-23-13-17-4-5-20-21(12-17)30-15-29-20;1-9-7-11(10-3-2-4-14-10)16-12(15-9)17-6-5-13-8-17/h7-9,11,14-15,17,22H,5-6,10,12-13,16,18H2,1-4H3;4-5,7,10-12,14,19,23H,2-3,6,8-9,13,15H2,1H3;5-8,10,14H,2-4H2,1H3. The van der Waals surface area contributed by atoms with Gasteiger partial charge in [-0.15, -0.1) is 0 Å². The highest BCUT2D eigenvalue weighted by molar-refractivity contribution is 5.68. The molecule has 3 unspecified atom stereocenters. The molecule has 23 heteroatoms. The van der Waals surface area contributed by atoms with Crippen LogP contribution in [0.2, 0.25) is 0 Å². The zero-order valence-corrected chi connectivity index (χ0v) is 48.8. The van der Waals surface area contributed by atoms with E-state index < -0.39 is 5.60 Å². The Balaban J connectivity index is 0.000000140. The SMILES string of the molecule is Cc1cc(C2CCCN2)nc(-n2ccnc2)n1.Cc1cc(C2CCCN2CCN(Cc2ccc3c(c2)OCO3)C(=O)OC(C)(C)C)nc(-n2ccnc2)n1.Cc1cc(C2CCCN2CCNCc2ccc3c(c2)OCO3)nc(-n2ccnc2)n1. The van der Waals surface area contributed by atoms with Crippen LogP contribution in [0.5, 0.6) is 23.0 Å². The molecule has 5 aliphatic heterocycles. The van der Waals surface area contributed by atoms with E-state index in [-0.39, 0.29) is 18.9 Å². The van der Waals surface area contributed by atoms with Crippen molar-refractivity contribution >= 4 is 6.09 Å². The van der Waals surface area contributed by atoms with Crippen molar-refractivity contribution in [2.24, 2.45) is 0 Å². The molecule has 0 spiro atoms. The lowest BCUT2D eigenvalue weighted by Crippen LogP contribution is -2.41. The van der Waals surface area contributed by atoms with E-state index >= 15 is 0 Å². The van der Waals surface area contributed by atoms with Crippen LogP contribution in [-0.2, 0) is 17.8 Å². The lowest BCUT2D eigenvalue weighted by atomic mass is 10.1. The van der Waals surface area contributed by atoms with Gasteiger partial charge in [-0.1, -0.05) is 12.1 Å². The Morgan fingerprint density at radius 1 is 0.619 bits per heavy atom. The summed E-state index contributed by atoms with van der Waals surface area (Å²) in [5.74, 6) is 5.10. The molecule has 3 fully saturated rings. The summed E-state index contributed by atoms with van der Waals surface area (Å²) < 4.78 is 33.1. The molecule has 3 saturated heterocycles. The van der Waals surface area contributed by atoms with Crippen LogP contribution in [0.15, 0.2) is 111 Å². The van der Waals surface area contributed by atoms with Crippen molar-refractivity contribution < 1.29 is 28.5 Å². The van der Waals surface area contributed by atoms with E-state index in [1.807, 2.05) is 98.1 Å². The lowest BCUT2D eigenvalue weighted by Gasteiger charge is -2.30. The molecule has 8 aromatic rings. The summed E-state index contributed by atoms with van der Waals surface area (Å²) in [4.78, 5) is 60.0. The molecular weight excluding hydrogens is 1070 g/mol. The number of aryl methyl sites for hydroxylation is 3. The Kier molecular flexibility index (Phi) is 18.1. The van der Waals surface area contributed by atoms with Gasteiger partial charge in [0.05, 0.1) is 29.2 Å². The summed E-state index contributed by atoms with van der Waals surface area (Å²) in [7, 11) is 0. The van der Waals surface area contributed by atoms with Gasteiger partial charge in [-0.3, -0.25) is 23.5 Å². The van der Waals surface area contributed by atoms with E-state index in [2.05, 4.69) is 85.7 Å². The maximum absolute atomic E-state index is 13.2. The van der Waals surface area contributed by atoms with Gasteiger partial charge in [0.25, 0.3) is 0 Å². The summed E-state index contributed by atoms with van der Waals surface area (Å²) in [5.41, 5.74) is 7.65. The molecule has 0 radical (unpaired) electrons. The van der Waals surface area contributed by atoms with E-state index in [4.69, 9.17) is 33.7 Å². The van der Waals surface area contributed by atoms with Crippen LogP contribution in [0.4, 0.5) is 4.79 Å². The highest BCUT2D eigenvalue weighted by Gasteiger charge is 2.31. The van der Waals surface area contributed by atoms with Crippen molar-refractivity contribution in [1.29, 1.82) is 0 Å². The van der Waals surface area contributed by atoms with Crippen LogP contribution in [0.25, 0.3) is 17.8 Å². The summed E-state index contributed by atoms with van der Waals surface area (Å²) in [6.07, 6.45) is 22.4. The van der Waals surface area contributed by atoms with E-state index in [0.29, 0.717) is 62.1 Å². The number of hydrogen-bond acceptors (Lipinski definition) is 19. The lowest BCUT2D eigenvalue weighted by molar-refractivity contribution is 0.0211. The summed E-state index contributed by atoms with van der Waals surface area (Å²) >= 11 is 0. The number of hydrogen-bond donors (Lipinski definition) is 2. The maximum atomic E-state index is 13.2. The first-order valence-corrected chi connectivity index (χ1v) is 29.0. The van der Waals surface area contributed by atoms with Gasteiger partial charge >= 0.3 is 6.09 Å². The quantitative estimate of drug-likeness (QED) is 0.0867. The second-order valence-electron chi connectivity index (χ2n) is 22.6. The monoisotopic (exact) mass is 1140 g/mol. The number of fused-ring (bicyclic) bond motifs is 2. The van der Waals surface area contributed by atoms with Gasteiger partial charge in [0.1, 0.15) is 24.6 Å². The second kappa shape index (κ2) is 26.5. The Morgan fingerprint density at radius 3 is 1.63 bits per heavy atom. The molecule has 2 N–H and O–H groups in total. The molecule has 6 aromatic heterocycles. The highest BCUT2D eigenvalue weighted by atomic mass is 16.7. The molecular formula is C61H75N17O6. The number of aromatic nitrogens is 12. The number of amides is 1. The number of nitrogens with one attached hydrogen (secondary N) is 2. The Labute approximate surface area is 489 Å². The van der Waals surface area contributed by atoms with E-state index in [0.717, 1.165) is 122 Å². The van der Waals surface area contributed by atoms with Crippen LogP contribution in [-0.4, -0.2) is 144 Å². The Morgan fingerprint density at radius 2 is 1.12 bits per heavy atom. The second-order valence-corrected chi connectivity index (χ2v) is 22.6. The molecule has 84 heavy (non-hydrogen) atoms. The normalized spacial score (nSPS) is 18.1. The number of rotatable bonds is 16. The van der Waals surface area contributed by atoms with Crippen molar-refractivity contribution in [3.63, 3.8) is 0 Å². The molecule has 11 heterocycles. The zero-order chi connectivity index (χ0) is 58.0. The molecule has 0 aliphatic carbocycles. The third-order valence-electron chi connectivity index (χ3n) is 15.1. The highest BCUT2D eigenvalue weighted by Crippen LogP contribution is 2.36. The van der Waals surface area contributed by atoms with E-state index in [9.17, 15) is 4.79 Å². The van der Waals surface area contributed by atoms with Gasteiger partial charge in [-0.2, -0.15) is 0 Å². The average Bonchev–Trinajstić information content (AvgIpc) is 4.50. The minimum atomic E-state index is -0.581. The molecule has 2 aromatic carbocycles. The summed E-state index contributed by atoms with van der Waals surface area (Å²) in [5, 5.41) is 7.01. The largest absolute Gasteiger partial charge is 0.454 e. The Bertz CT molecular complexity index is 3440. The number of imidazole rings is 3. The molecule has 440 valence electrons. The van der Waals surface area contributed by atoms with Crippen molar-refractivity contribution in [2.45, 2.75) is 117 Å². The number of nitrogens with zero attached hydrogens (tertiary/aromatic N) is 15. The third-order valence-corrected chi connectivity index (χ3v) is 15.1. The first-order chi connectivity index (χ1) is 40.8. The molecule has 23 nitrogen and oxygen atoms in total. The summed E-state index contributed by atoms with van der Waals surface area (Å²) in [6.45, 7) is 19.7. The van der Waals surface area contributed by atoms with Crippen molar-refractivity contribution in [1.82, 2.24) is 83.9 Å². The topological polar surface area (TPSA) is 228 Å². The molecule has 5 aliphatic rings. The van der Waals surface area contributed by atoms with E-state index in [1.54, 1.807) is 42.5 Å². The number of likely N-dealkylation sites (tertiary alicyclic amines) is 2. The van der Waals surface area contributed by atoms with Gasteiger partial charge in [0.2, 0.25) is 31.4 Å². The predicted molar refractivity (Wildman–Crippen MR) is 312 cm³/mol. The van der Waals surface area contributed by atoms with E-state index in [1.165, 1.54) is 18.4 Å². The number of benzene rings is 2. The van der Waals surface area contributed by atoms with Gasteiger partial charge < -0.3 is 39.2 Å². The molecule has 0 bridgehead atoms. The minimum Gasteiger partial charge on any atom is -0.454 e. The van der Waals surface area contributed by atoms with Gasteiger partial charge in [0.15, 0.2) is 23.0 Å². The van der Waals surface area contributed by atoms with Gasteiger partial charge in [-0.05, 0) is 153 Å². The minimum absolute atomic E-state index is 0.162. The van der Waals surface area contributed by atoms with Crippen LogP contribution >= 0.6 is 0 Å². The first-order valence-electron chi connectivity index (χ1n) is 29.0. The predicted octanol–water partition coefficient (Wildman–Crippen LogP) is 8.29. The molecule has 1 amide bonds. The van der Waals surface area contributed by atoms with Crippen molar-refractivity contribution in [3.05, 3.63) is 156 Å². The first kappa shape index (κ1) is 57.4. The average molecular weight is 1140 g/mol.